The molecule has 1 aromatic rings. The summed E-state index contributed by atoms with van der Waals surface area (Å²) in [6.45, 7) is 0. The molecule has 0 heteroatoms. The SMILES string of the molecule is C1=CC(C2(C3C=Cc4ccccc43)CCCCC2)C=C1. The number of benzene rings is 1. The van der Waals surface area contributed by atoms with E-state index in [9.17, 15) is 0 Å². The molecule has 0 aliphatic heterocycles. The summed E-state index contributed by atoms with van der Waals surface area (Å²) in [5, 5.41) is 0. The van der Waals surface area contributed by atoms with Crippen LogP contribution in [0.3, 0.4) is 0 Å². The van der Waals surface area contributed by atoms with Crippen molar-refractivity contribution in [1.29, 1.82) is 0 Å². The van der Waals surface area contributed by atoms with Crippen LogP contribution >= 0.6 is 0 Å². The first-order chi connectivity index (χ1) is 9.90. The van der Waals surface area contributed by atoms with Crippen LogP contribution in [0.4, 0.5) is 0 Å². The summed E-state index contributed by atoms with van der Waals surface area (Å²) in [6, 6.07) is 8.98. The van der Waals surface area contributed by atoms with E-state index in [0.717, 1.165) is 0 Å². The second-order valence-electron chi connectivity index (χ2n) is 6.56. The normalized spacial score (nSPS) is 27.1. The summed E-state index contributed by atoms with van der Waals surface area (Å²) < 4.78 is 0. The molecule has 3 aliphatic rings. The van der Waals surface area contributed by atoms with E-state index < -0.39 is 0 Å². The Morgan fingerprint density at radius 2 is 1.60 bits per heavy atom. The molecule has 0 N–H and O–H groups in total. The molecule has 0 saturated heterocycles. The minimum atomic E-state index is 0.421. The Hall–Kier alpha value is -1.56. The second-order valence-corrected chi connectivity index (χ2v) is 6.56. The van der Waals surface area contributed by atoms with Gasteiger partial charge in [0.2, 0.25) is 0 Å². The van der Waals surface area contributed by atoms with Gasteiger partial charge in [-0.1, -0.05) is 80.0 Å². The molecule has 1 fully saturated rings. The van der Waals surface area contributed by atoms with Gasteiger partial charge in [0.15, 0.2) is 0 Å². The van der Waals surface area contributed by atoms with Crippen molar-refractivity contribution in [1.82, 2.24) is 0 Å². The lowest BCUT2D eigenvalue weighted by Gasteiger charge is -2.45. The van der Waals surface area contributed by atoms with Gasteiger partial charge >= 0.3 is 0 Å². The molecule has 1 saturated carbocycles. The minimum Gasteiger partial charge on any atom is -0.0770 e. The zero-order valence-electron chi connectivity index (χ0n) is 12.0. The lowest BCUT2D eigenvalue weighted by molar-refractivity contribution is 0.130. The number of allylic oxidation sites excluding steroid dienone is 5. The van der Waals surface area contributed by atoms with Gasteiger partial charge in [0.1, 0.15) is 0 Å². The largest absolute Gasteiger partial charge is 0.0770 e. The third-order valence-electron chi connectivity index (χ3n) is 5.62. The van der Waals surface area contributed by atoms with E-state index in [2.05, 4.69) is 60.7 Å². The van der Waals surface area contributed by atoms with Crippen molar-refractivity contribution in [2.75, 3.05) is 0 Å². The molecule has 0 radical (unpaired) electrons. The summed E-state index contributed by atoms with van der Waals surface area (Å²) in [5.41, 5.74) is 3.42. The van der Waals surface area contributed by atoms with E-state index in [1.54, 1.807) is 5.56 Å². The molecule has 20 heavy (non-hydrogen) atoms. The van der Waals surface area contributed by atoms with Gasteiger partial charge in [-0.15, -0.1) is 0 Å². The van der Waals surface area contributed by atoms with E-state index in [1.807, 2.05) is 0 Å². The fourth-order valence-corrected chi connectivity index (χ4v) is 4.63. The third kappa shape index (κ3) is 1.74. The average molecular weight is 262 g/mol. The fraction of sp³-hybridized carbons (Fsp3) is 0.400. The summed E-state index contributed by atoms with van der Waals surface area (Å²) >= 11 is 0. The van der Waals surface area contributed by atoms with Crippen LogP contribution in [0, 0.1) is 11.3 Å². The van der Waals surface area contributed by atoms with E-state index >= 15 is 0 Å². The summed E-state index contributed by atoms with van der Waals surface area (Å²) in [4.78, 5) is 0. The molecule has 0 amide bonds. The van der Waals surface area contributed by atoms with Crippen LogP contribution in [-0.2, 0) is 0 Å². The van der Waals surface area contributed by atoms with Crippen molar-refractivity contribution >= 4 is 6.08 Å². The van der Waals surface area contributed by atoms with Crippen LogP contribution in [0.25, 0.3) is 6.08 Å². The standard InChI is InChI=1S/C20H22/c1-6-14-20(15-7-1,17-9-3-4-10-17)19-13-12-16-8-2-5-11-18(16)19/h2-5,8-13,17,19H,1,6-7,14-15H2. The molecule has 4 rings (SSSR count). The molecule has 1 atom stereocenters. The summed E-state index contributed by atoms with van der Waals surface area (Å²) in [6.07, 6.45) is 21.1. The van der Waals surface area contributed by atoms with Crippen molar-refractivity contribution in [3.63, 3.8) is 0 Å². The number of hydrogen-bond donors (Lipinski definition) is 0. The van der Waals surface area contributed by atoms with Crippen LogP contribution in [0.1, 0.15) is 49.1 Å². The van der Waals surface area contributed by atoms with Gasteiger partial charge in [0.25, 0.3) is 0 Å². The molecule has 1 unspecified atom stereocenters. The molecular formula is C20H22. The quantitative estimate of drug-likeness (QED) is 0.661. The second kappa shape index (κ2) is 4.77. The maximum absolute atomic E-state index is 2.48. The van der Waals surface area contributed by atoms with Crippen LogP contribution in [0.2, 0.25) is 0 Å². The van der Waals surface area contributed by atoms with Crippen molar-refractivity contribution in [3.8, 4) is 0 Å². The predicted octanol–water partition coefficient (Wildman–Crippen LogP) is 5.49. The van der Waals surface area contributed by atoms with Crippen LogP contribution in [0.15, 0.2) is 54.6 Å². The third-order valence-corrected chi connectivity index (χ3v) is 5.62. The molecule has 0 nitrogen and oxygen atoms in total. The van der Waals surface area contributed by atoms with E-state index in [0.29, 0.717) is 17.3 Å². The van der Waals surface area contributed by atoms with Gasteiger partial charge in [-0.05, 0) is 29.4 Å². The highest BCUT2D eigenvalue weighted by Gasteiger charge is 2.45. The fourth-order valence-electron chi connectivity index (χ4n) is 4.63. The van der Waals surface area contributed by atoms with Gasteiger partial charge in [-0.3, -0.25) is 0 Å². The maximum atomic E-state index is 2.48. The topological polar surface area (TPSA) is 0 Å². The molecule has 0 bridgehead atoms. The van der Waals surface area contributed by atoms with Gasteiger partial charge in [0.05, 0.1) is 0 Å². The zero-order chi connectivity index (χ0) is 13.4. The Morgan fingerprint density at radius 1 is 0.850 bits per heavy atom. The molecule has 0 heterocycles. The lowest BCUT2D eigenvalue weighted by Crippen LogP contribution is -2.35. The number of rotatable bonds is 2. The van der Waals surface area contributed by atoms with Gasteiger partial charge in [-0.25, -0.2) is 0 Å². The first kappa shape index (κ1) is 12.2. The Morgan fingerprint density at radius 3 is 2.40 bits per heavy atom. The molecule has 3 aliphatic carbocycles. The lowest BCUT2D eigenvalue weighted by atomic mass is 9.58. The van der Waals surface area contributed by atoms with Crippen LogP contribution in [-0.4, -0.2) is 0 Å². The summed E-state index contributed by atoms with van der Waals surface area (Å²) in [7, 11) is 0. The highest BCUT2D eigenvalue weighted by Crippen LogP contribution is 2.56. The van der Waals surface area contributed by atoms with E-state index in [-0.39, 0.29) is 0 Å². The van der Waals surface area contributed by atoms with Gasteiger partial charge in [-0.2, -0.15) is 0 Å². The summed E-state index contributed by atoms with van der Waals surface area (Å²) in [5.74, 6) is 1.24. The van der Waals surface area contributed by atoms with E-state index in [4.69, 9.17) is 0 Å². The highest BCUT2D eigenvalue weighted by atomic mass is 14.5. The van der Waals surface area contributed by atoms with Crippen LogP contribution in [0.5, 0.6) is 0 Å². The zero-order valence-corrected chi connectivity index (χ0v) is 12.0. The first-order valence-corrected chi connectivity index (χ1v) is 8.02. The molecule has 1 aromatic carbocycles. The van der Waals surface area contributed by atoms with Crippen molar-refractivity contribution in [2.45, 2.75) is 38.0 Å². The monoisotopic (exact) mass is 262 g/mol. The highest BCUT2D eigenvalue weighted by molar-refractivity contribution is 5.63. The van der Waals surface area contributed by atoms with Gasteiger partial charge < -0.3 is 0 Å². The minimum absolute atomic E-state index is 0.421. The van der Waals surface area contributed by atoms with Crippen molar-refractivity contribution in [2.24, 2.45) is 11.3 Å². The Kier molecular flexibility index (Phi) is 2.91. The van der Waals surface area contributed by atoms with E-state index in [1.165, 1.54) is 37.7 Å². The molecule has 0 aromatic heterocycles. The molecule has 102 valence electrons. The Bertz CT molecular complexity index is 570. The number of fused-ring (bicyclic) bond motifs is 1. The van der Waals surface area contributed by atoms with Crippen LogP contribution < -0.4 is 0 Å². The smallest absolute Gasteiger partial charge is 0.00923 e. The maximum Gasteiger partial charge on any atom is 0.00923 e. The predicted molar refractivity (Wildman–Crippen MR) is 85.5 cm³/mol. The number of hydrogen-bond acceptors (Lipinski definition) is 0. The van der Waals surface area contributed by atoms with Crippen molar-refractivity contribution in [3.05, 3.63) is 65.8 Å². The first-order valence-electron chi connectivity index (χ1n) is 8.02. The molecule has 0 spiro atoms. The Labute approximate surface area is 121 Å². The van der Waals surface area contributed by atoms with Gasteiger partial charge in [0, 0.05) is 11.8 Å². The Balaban J connectivity index is 1.78. The average Bonchev–Trinajstić information content (AvgIpc) is 3.18. The van der Waals surface area contributed by atoms with Crippen molar-refractivity contribution < 1.29 is 0 Å². The molecular weight excluding hydrogens is 240 g/mol.